The number of carbonyl (C=O) groups is 2. The maximum atomic E-state index is 13.0. The topological polar surface area (TPSA) is 80.1 Å². The summed E-state index contributed by atoms with van der Waals surface area (Å²) in [5.41, 5.74) is -0.930. The number of nitrogens with zero attached hydrogens (tertiary/aromatic N) is 4. The second kappa shape index (κ2) is 7.37. The van der Waals surface area contributed by atoms with Gasteiger partial charge in [-0.1, -0.05) is 6.07 Å². The summed E-state index contributed by atoms with van der Waals surface area (Å²) in [6, 6.07) is 4.18. The lowest BCUT2D eigenvalue weighted by molar-refractivity contribution is -0.142. The molecule has 1 fully saturated rings. The van der Waals surface area contributed by atoms with E-state index >= 15 is 0 Å². The number of pyridine rings is 1. The summed E-state index contributed by atoms with van der Waals surface area (Å²) in [4.78, 5) is 30.4. The van der Waals surface area contributed by atoms with Gasteiger partial charge in [0.2, 0.25) is 5.91 Å². The smallest absolute Gasteiger partial charge is 0.350 e. The van der Waals surface area contributed by atoms with Gasteiger partial charge in [0.1, 0.15) is 11.7 Å². The highest BCUT2D eigenvalue weighted by molar-refractivity contribution is 5.96. The van der Waals surface area contributed by atoms with Crippen LogP contribution in [0.15, 0.2) is 30.6 Å². The highest BCUT2D eigenvalue weighted by Gasteiger charge is 2.38. The number of likely N-dealkylation sites (tertiary alicyclic amines) is 1. The molecule has 3 heterocycles. The quantitative estimate of drug-likeness (QED) is 0.875. The first kappa shape index (κ1) is 18.9. The lowest BCUT2D eigenvalue weighted by atomic mass is 10.2. The molecule has 1 aliphatic heterocycles. The number of rotatable bonds is 4. The van der Waals surface area contributed by atoms with E-state index in [9.17, 15) is 22.8 Å². The number of halogens is 3. The first-order valence-corrected chi connectivity index (χ1v) is 8.37. The molecular weight excluding hydrogens is 363 g/mol. The van der Waals surface area contributed by atoms with Crippen LogP contribution >= 0.6 is 0 Å². The van der Waals surface area contributed by atoms with Crippen molar-refractivity contribution in [3.8, 4) is 0 Å². The normalized spacial score (nSPS) is 17.2. The lowest BCUT2D eigenvalue weighted by Gasteiger charge is -2.23. The first-order valence-electron chi connectivity index (χ1n) is 8.37. The van der Waals surface area contributed by atoms with E-state index in [1.807, 2.05) is 0 Å². The zero-order valence-electron chi connectivity index (χ0n) is 14.5. The van der Waals surface area contributed by atoms with Gasteiger partial charge in [-0.15, -0.1) is 0 Å². The van der Waals surface area contributed by atoms with Crippen LogP contribution < -0.4 is 5.32 Å². The Morgan fingerprint density at radius 2 is 2.11 bits per heavy atom. The van der Waals surface area contributed by atoms with E-state index in [0.717, 1.165) is 4.68 Å². The van der Waals surface area contributed by atoms with Crippen LogP contribution in [0.25, 0.3) is 0 Å². The van der Waals surface area contributed by atoms with Gasteiger partial charge in [-0.25, -0.2) is 0 Å². The number of alkyl halides is 3. The molecule has 0 aromatic carbocycles. The highest BCUT2D eigenvalue weighted by Crippen LogP contribution is 2.30. The average Bonchev–Trinajstić information content (AvgIpc) is 3.26. The highest BCUT2D eigenvalue weighted by atomic mass is 19.4. The van der Waals surface area contributed by atoms with Crippen LogP contribution in [0.3, 0.4) is 0 Å². The Kier molecular flexibility index (Phi) is 5.15. The van der Waals surface area contributed by atoms with E-state index < -0.39 is 23.8 Å². The standard InChI is InChI=1S/C17H18F3N5O2/c1-24-10-11(14(23-24)17(18,19)20)9-22-15(26)13-6-4-8-25(13)16(27)12-5-2-3-7-21-12/h2-3,5,7,10,13H,4,6,8-9H2,1H3,(H,22,26)/t13-/m0/s1. The van der Waals surface area contributed by atoms with E-state index in [1.165, 1.54) is 24.3 Å². The van der Waals surface area contributed by atoms with Crippen molar-refractivity contribution in [3.05, 3.63) is 47.5 Å². The summed E-state index contributed by atoms with van der Waals surface area (Å²) in [7, 11) is 1.38. The second-order valence-corrected chi connectivity index (χ2v) is 6.26. The SMILES string of the molecule is Cn1cc(CNC(=O)[C@@H]2CCCN2C(=O)c2ccccn2)c(C(F)(F)F)n1. The molecule has 2 aromatic rings. The molecule has 1 atom stereocenters. The molecule has 27 heavy (non-hydrogen) atoms. The summed E-state index contributed by atoms with van der Waals surface area (Å²) >= 11 is 0. The maximum absolute atomic E-state index is 13.0. The number of aryl methyl sites for hydroxylation is 1. The third-order valence-electron chi connectivity index (χ3n) is 4.33. The first-order chi connectivity index (χ1) is 12.8. The number of hydrogen-bond donors (Lipinski definition) is 1. The van der Waals surface area contributed by atoms with Crippen LogP contribution in [0.4, 0.5) is 13.2 Å². The molecule has 144 valence electrons. The van der Waals surface area contributed by atoms with Gasteiger partial charge < -0.3 is 10.2 Å². The molecule has 2 aromatic heterocycles. The largest absolute Gasteiger partial charge is 0.435 e. The predicted octanol–water partition coefficient (Wildman–Crippen LogP) is 1.75. The Balaban J connectivity index is 1.68. The third-order valence-corrected chi connectivity index (χ3v) is 4.33. The van der Waals surface area contributed by atoms with E-state index in [-0.39, 0.29) is 23.7 Å². The van der Waals surface area contributed by atoms with Gasteiger partial charge in [0, 0.05) is 38.1 Å². The van der Waals surface area contributed by atoms with Crippen LogP contribution in [0.1, 0.15) is 34.6 Å². The number of nitrogens with one attached hydrogen (secondary N) is 1. The van der Waals surface area contributed by atoms with E-state index in [0.29, 0.717) is 19.4 Å². The fraction of sp³-hybridized carbons (Fsp3) is 0.412. The van der Waals surface area contributed by atoms with Gasteiger partial charge in [-0.05, 0) is 25.0 Å². The van der Waals surface area contributed by atoms with E-state index in [2.05, 4.69) is 15.4 Å². The lowest BCUT2D eigenvalue weighted by Crippen LogP contribution is -2.46. The Bertz CT molecular complexity index is 835. The Morgan fingerprint density at radius 3 is 2.78 bits per heavy atom. The van der Waals surface area contributed by atoms with Gasteiger partial charge in [0.25, 0.3) is 5.91 Å². The van der Waals surface area contributed by atoms with Crippen molar-refractivity contribution in [2.24, 2.45) is 7.05 Å². The van der Waals surface area contributed by atoms with Crippen molar-refractivity contribution in [3.63, 3.8) is 0 Å². The van der Waals surface area contributed by atoms with E-state index in [1.54, 1.807) is 18.2 Å². The number of amides is 2. The van der Waals surface area contributed by atoms with Crippen LogP contribution in [-0.4, -0.2) is 44.1 Å². The molecule has 0 spiro atoms. The minimum Gasteiger partial charge on any atom is -0.350 e. The molecule has 1 aliphatic rings. The van der Waals surface area contributed by atoms with Crippen molar-refractivity contribution < 1.29 is 22.8 Å². The Hall–Kier alpha value is -2.91. The minimum absolute atomic E-state index is 0.126. The zero-order chi connectivity index (χ0) is 19.6. The van der Waals surface area contributed by atoms with Gasteiger partial charge in [0.15, 0.2) is 5.69 Å². The average molecular weight is 381 g/mol. The molecule has 10 heteroatoms. The molecule has 0 saturated carbocycles. The maximum Gasteiger partial charge on any atom is 0.435 e. The molecule has 7 nitrogen and oxygen atoms in total. The molecule has 2 amide bonds. The fourth-order valence-electron chi connectivity index (χ4n) is 3.12. The fourth-order valence-corrected chi connectivity index (χ4v) is 3.12. The summed E-state index contributed by atoms with van der Waals surface area (Å²) in [6.45, 7) is 0.0812. The van der Waals surface area contributed by atoms with Crippen LogP contribution in [0, 0.1) is 0 Å². The van der Waals surface area contributed by atoms with Crippen molar-refractivity contribution in [1.82, 2.24) is 25.0 Å². The molecular formula is C17H18F3N5O2. The summed E-state index contributed by atoms with van der Waals surface area (Å²) in [5, 5.41) is 5.90. The summed E-state index contributed by atoms with van der Waals surface area (Å²) in [5.74, 6) is -0.862. The second-order valence-electron chi connectivity index (χ2n) is 6.26. The van der Waals surface area contributed by atoms with Crippen molar-refractivity contribution in [2.75, 3.05) is 6.54 Å². The van der Waals surface area contributed by atoms with Gasteiger partial charge in [-0.2, -0.15) is 18.3 Å². The van der Waals surface area contributed by atoms with Gasteiger partial charge in [0.05, 0.1) is 0 Å². The van der Waals surface area contributed by atoms with E-state index in [4.69, 9.17) is 0 Å². The van der Waals surface area contributed by atoms with Crippen LogP contribution in [0.2, 0.25) is 0 Å². The molecule has 1 saturated heterocycles. The number of carbonyl (C=O) groups excluding carboxylic acids is 2. The van der Waals surface area contributed by atoms with Crippen LogP contribution in [-0.2, 0) is 24.6 Å². The third kappa shape index (κ3) is 4.09. The van der Waals surface area contributed by atoms with Crippen molar-refractivity contribution in [1.29, 1.82) is 0 Å². The molecule has 3 rings (SSSR count). The molecule has 0 bridgehead atoms. The Morgan fingerprint density at radius 1 is 1.33 bits per heavy atom. The monoisotopic (exact) mass is 381 g/mol. The number of hydrogen-bond acceptors (Lipinski definition) is 4. The van der Waals surface area contributed by atoms with Crippen molar-refractivity contribution >= 4 is 11.8 Å². The van der Waals surface area contributed by atoms with Crippen LogP contribution in [0.5, 0.6) is 0 Å². The predicted molar refractivity (Wildman–Crippen MR) is 88.4 cm³/mol. The summed E-state index contributed by atoms with van der Waals surface area (Å²) < 4.78 is 40.0. The number of aromatic nitrogens is 3. The van der Waals surface area contributed by atoms with Gasteiger partial charge in [-0.3, -0.25) is 19.3 Å². The minimum atomic E-state index is -4.60. The molecule has 0 unspecified atom stereocenters. The summed E-state index contributed by atoms with van der Waals surface area (Å²) in [6.07, 6.45) is -0.815. The molecule has 1 N–H and O–H groups in total. The van der Waals surface area contributed by atoms with Gasteiger partial charge >= 0.3 is 6.18 Å². The zero-order valence-corrected chi connectivity index (χ0v) is 14.5. The molecule has 0 radical (unpaired) electrons. The Labute approximate surface area is 153 Å². The molecule has 0 aliphatic carbocycles. The van der Waals surface area contributed by atoms with Crippen molar-refractivity contribution in [2.45, 2.75) is 31.6 Å².